The first kappa shape index (κ1) is 13.4. The minimum atomic E-state index is -1.87. The van der Waals surface area contributed by atoms with Gasteiger partial charge in [-0.3, -0.25) is 4.90 Å². The quantitative estimate of drug-likeness (QED) is 0.845. The van der Waals surface area contributed by atoms with Gasteiger partial charge in [0.25, 0.3) is 0 Å². The normalized spacial score (nSPS) is 25.6. The Kier molecular flexibility index (Phi) is 3.44. The number of benzene rings is 1. The Bertz CT molecular complexity index is 489. The van der Waals surface area contributed by atoms with Gasteiger partial charge in [-0.25, -0.2) is 9.59 Å². The van der Waals surface area contributed by atoms with E-state index in [1.807, 2.05) is 30.3 Å². The Morgan fingerprint density at radius 1 is 1.42 bits per heavy atom. The molecule has 1 fully saturated rings. The van der Waals surface area contributed by atoms with Crippen molar-refractivity contribution in [2.24, 2.45) is 0 Å². The van der Waals surface area contributed by atoms with E-state index in [1.54, 1.807) is 0 Å². The fraction of sp³-hybridized carbons (Fsp3) is 0.385. The molecule has 1 heterocycles. The number of aliphatic carboxylic acids is 1. The maximum absolute atomic E-state index is 11.7. The lowest BCUT2D eigenvalue weighted by Gasteiger charge is -2.48. The monoisotopic (exact) mass is 265 g/mol. The summed E-state index contributed by atoms with van der Waals surface area (Å²) in [5, 5.41) is 18.6. The summed E-state index contributed by atoms with van der Waals surface area (Å²) >= 11 is 0. The molecule has 0 saturated carbocycles. The highest BCUT2D eigenvalue weighted by atomic mass is 16.6. The van der Waals surface area contributed by atoms with Gasteiger partial charge >= 0.3 is 12.1 Å². The van der Waals surface area contributed by atoms with Gasteiger partial charge in [-0.05, 0) is 12.5 Å². The van der Waals surface area contributed by atoms with E-state index in [2.05, 4.69) is 0 Å². The zero-order valence-electron chi connectivity index (χ0n) is 10.4. The molecular weight excluding hydrogens is 250 g/mol. The molecule has 1 aliphatic heterocycles. The number of carboxylic acids is 1. The van der Waals surface area contributed by atoms with Crippen LogP contribution in [0.3, 0.4) is 0 Å². The van der Waals surface area contributed by atoms with E-state index in [0.29, 0.717) is 0 Å². The standard InChI is InChI=1S/C13H15NO5/c1-9-13(18,11(15)16)8-14(9)12(17)19-7-10-5-3-2-4-6-10/h2-6,9,18H,7-8H2,1H3,(H,15,16)/t9-,13?/m0/s1. The molecule has 2 atom stereocenters. The third-order valence-electron chi connectivity index (χ3n) is 3.38. The van der Waals surface area contributed by atoms with Crippen LogP contribution in [0.4, 0.5) is 4.79 Å². The molecule has 2 rings (SSSR count). The summed E-state index contributed by atoms with van der Waals surface area (Å²) in [4.78, 5) is 23.7. The molecule has 6 nitrogen and oxygen atoms in total. The second kappa shape index (κ2) is 4.89. The minimum Gasteiger partial charge on any atom is -0.479 e. The topological polar surface area (TPSA) is 87.1 Å². The zero-order chi connectivity index (χ0) is 14.0. The van der Waals surface area contributed by atoms with E-state index in [9.17, 15) is 14.7 Å². The molecule has 1 aromatic rings. The highest BCUT2D eigenvalue weighted by molar-refractivity contribution is 5.83. The summed E-state index contributed by atoms with van der Waals surface area (Å²) in [5.74, 6) is -1.33. The maximum Gasteiger partial charge on any atom is 0.410 e. The third-order valence-corrected chi connectivity index (χ3v) is 3.38. The van der Waals surface area contributed by atoms with Crippen molar-refractivity contribution in [3.63, 3.8) is 0 Å². The lowest BCUT2D eigenvalue weighted by molar-refractivity contribution is -0.187. The average Bonchev–Trinajstić information content (AvgIpc) is 2.42. The highest BCUT2D eigenvalue weighted by Crippen LogP contribution is 2.30. The van der Waals surface area contributed by atoms with Crippen LogP contribution in [-0.2, 0) is 16.1 Å². The van der Waals surface area contributed by atoms with Crippen molar-refractivity contribution in [1.29, 1.82) is 0 Å². The number of hydrogen-bond acceptors (Lipinski definition) is 4. The molecule has 1 saturated heterocycles. The number of rotatable bonds is 3. The molecule has 0 bridgehead atoms. The van der Waals surface area contributed by atoms with E-state index in [1.165, 1.54) is 11.8 Å². The molecule has 2 N–H and O–H groups in total. The van der Waals surface area contributed by atoms with Crippen LogP contribution < -0.4 is 0 Å². The lowest BCUT2D eigenvalue weighted by Crippen LogP contribution is -2.73. The second-order valence-electron chi connectivity index (χ2n) is 4.57. The molecule has 1 aliphatic rings. The van der Waals surface area contributed by atoms with Gasteiger partial charge in [0.05, 0.1) is 12.6 Å². The van der Waals surface area contributed by atoms with Crippen molar-refractivity contribution in [2.75, 3.05) is 6.54 Å². The molecule has 1 aromatic carbocycles. The SMILES string of the molecule is C[C@@H]1N(C(=O)OCc2ccccc2)CC1(O)C(=O)O. The lowest BCUT2D eigenvalue weighted by atomic mass is 9.85. The molecule has 0 aromatic heterocycles. The number of hydrogen-bond donors (Lipinski definition) is 2. The predicted octanol–water partition coefficient (Wildman–Crippen LogP) is 0.843. The van der Waals surface area contributed by atoms with E-state index in [-0.39, 0.29) is 13.2 Å². The number of ether oxygens (including phenoxy) is 1. The van der Waals surface area contributed by atoms with Crippen molar-refractivity contribution < 1.29 is 24.5 Å². The van der Waals surface area contributed by atoms with Crippen molar-refractivity contribution in [3.8, 4) is 0 Å². The number of β-amino-alcohol motifs (C(OH)–C–C–N with tert-alkyl or cyclic N) is 1. The smallest absolute Gasteiger partial charge is 0.410 e. The Labute approximate surface area is 110 Å². The molecule has 102 valence electrons. The van der Waals surface area contributed by atoms with Crippen LogP contribution in [0.15, 0.2) is 30.3 Å². The highest BCUT2D eigenvalue weighted by Gasteiger charge is 2.57. The average molecular weight is 265 g/mol. The zero-order valence-corrected chi connectivity index (χ0v) is 10.4. The van der Waals surface area contributed by atoms with Gasteiger partial charge in [0, 0.05) is 0 Å². The molecule has 0 radical (unpaired) electrons. The fourth-order valence-electron chi connectivity index (χ4n) is 1.95. The molecule has 19 heavy (non-hydrogen) atoms. The number of nitrogens with zero attached hydrogens (tertiary/aromatic N) is 1. The molecule has 1 unspecified atom stereocenters. The number of carboxylic acid groups (broad SMARTS) is 1. The van der Waals surface area contributed by atoms with E-state index < -0.39 is 23.7 Å². The van der Waals surface area contributed by atoms with E-state index in [0.717, 1.165) is 5.56 Å². The van der Waals surface area contributed by atoms with Crippen LogP contribution in [0, 0.1) is 0 Å². The van der Waals surface area contributed by atoms with Crippen LogP contribution in [-0.4, -0.2) is 45.4 Å². The van der Waals surface area contributed by atoms with Crippen LogP contribution in [0.25, 0.3) is 0 Å². The van der Waals surface area contributed by atoms with Gasteiger partial charge in [-0.1, -0.05) is 30.3 Å². The molecular formula is C13H15NO5. The summed E-state index contributed by atoms with van der Waals surface area (Å²) in [6.45, 7) is 1.34. The number of amides is 1. The molecule has 0 aliphatic carbocycles. The Hall–Kier alpha value is -2.08. The summed E-state index contributed by atoms with van der Waals surface area (Å²) < 4.78 is 5.06. The molecule has 1 amide bonds. The van der Waals surface area contributed by atoms with Crippen molar-refractivity contribution in [2.45, 2.75) is 25.2 Å². The summed E-state index contributed by atoms with van der Waals surface area (Å²) in [6.07, 6.45) is -0.623. The van der Waals surface area contributed by atoms with Crippen molar-refractivity contribution in [3.05, 3.63) is 35.9 Å². The number of likely N-dealkylation sites (tertiary alicyclic amines) is 1. The first-order valence-electron chi connectivity index (χ1n) is 5.88. The van der Waals surface area contributed by atoms with Crippen LogP contribution >= 0.6 is 0 Å². The largest absolute Gasteiger partial charge is 0.479 e. The van der Waals surface area contributed by atoms with Gasteiger partial charge in [0.15, 0.2) is 5.60 Å². The predicted molar refractivity (Wildman–Crippen MR) is 65.4 cm³/mol. The van der Waals surface area contributed by atoms with E-state index in [4.69, 9.17) is 9.84 Å². The van der Waals surface area contributed by atoms with Crippen LogP contribution in [0.5, 0.6) is 0 Å². The van der Waals surface area contributed by atoms with E-state index >= 15 is 0 Å². The Balaban J connectivity index is 1.88. The first-order chi connectivity index (χ1) is 8.95. The van der Waals surface area contributed by atoms with Gasteiger partial charge in [-0.15, -0.1) is 0 Å². The summed E-state index contributed by atoms with van der Waals surface area (Å²) in [5.41, 5.74) is -1.02. The third kappa shape index (κ3) is 2.39. The second-order valence-corrected chi connectivity index (χ2v) is 4.57. The number of carbonyl (C=O) groups excluding carboxylic acids is 1. The number of aliphatic hydroxyl groups is 1. The minimum absolute atomic E-state index is 0.119. The summed E-state index contributed by atoms with van der Waals surface area (Å²) in [7, 11) is 0. The Morgan fingerprint density at radius 2 is 2.05 bits per heavy atom. The fourth-order valence-corrected chi connectivity index (χ4v) is 1.95. The van der Waals surface area contributed by atoms with Gasteiger partial charge in [-0.2, -0.15) is 0 Å². The molecule has 6 heteroatoms. The summed E-state index contributed by atoms with van der Waals surface area (Å²) in [6, 6.07) is 8.36. The molecule has 0 spiro atoms. The van der Waals surface area contributed by atoms with Gasteiger partial charge in [0.1, 0.15) is 6.61 Å². The van der Waals surface area contributed by atoms with Gasteiger partial charge < -0.3 is 14.9 Å². The number of carbonyl (C=O) groups is 2. The van der Waals surface area contributed by atoms with Gasteiger partial charge in [0.2, 0.25) is 0 Å². The van der Waals surface area contributed by atoms with Crippen molar-refractivity contribution >= 4 is 12.1 Å². The van der Waals surface area contributed by atoms with Crippen molar-refractivity contribution in [1.82, 2.24) is 4.90 Å². The Morgan fingerprint density at radius 3 is 2.58 bits per heavy atom. The van der Waals surface area contributed by atoms with Crippen LogP contribution in [0.2, 0.25) is 0 Å². The maximum atomic E-state index is 11.7. The van der Waals surface area contributed by atoms with Crippen LogP contribution in [0.1, 0.15) is 12.5 Å². The first-order valence-corrected chi connectivity index (χ1v) is 5.88.